The molecule has 1 saturated carbocycles. The average molecular weight is 218 g/mol. The third kappa shape index (κ3) is 3.32. The molecule has 0 spiro atoms. The van der Waals surface area contributed by atoms with E-state index in [4.69, 9.17) is 0 Å². The number of hydrogen-bond donors (Lipinski definition) is 1. The topological polar surface area (TPSA) is 15.3 Å². The van der Waals surface area contributed by atoms with Gasteiger partial charge < -0.3 is 10.2 Å². The first kappa shape index (κ1) is 11.6. The smallest absolute Gasteiger partial charge is 0.0466 e. The highest BCUT2D eigenvalue weighted by atomic mass is 15.1. The van der Waals surface area contributed by atoms with E-state index in [9.17, 15) is 0 Å². The number of benzene rings is 1. The molecule has 0 amide bonds. The maximum absolute atomic E-state index is 3.59. The molecule has 1 atom stereocenters. The molecule has 2 heteroatoms. The standard InChI is InChI=1S/C14H22N2/c1-16(2)14(11-15-10-12-8-9-12)13-6-4-3-5-7-13/h3-7,12,14-15H,8-11H2,1-2H3. The highest BCUT2D eigenvalue weighted by Crippen LogP contribution is 2.27. The molecule has 0 saturated heterocycles. The molecule has 2 nitrogen and oxygen atoms in total. The Balaban J connectivity index is 1.88. The molecule has 1 aliphatic rings. The molecule has 88 valence electrons. The maximum atomic E-state index is 3.59. The minimum absolute atomic E-state index is 0.486. The van der Waals surface area contributed by atoms with Crippen LogP contribution in [0.1, 0.15) is 24.4 Å². The first-order valence-corrected chi connectivity index (χ1v) is 6.19. The van der Waals surface area contributed by atoms with E-state index in [1.54, 1.807) is 0 Å². The van der Waals surface area contributed by atoms with Gasteiger partial charge in [-0.2, -0.15) is 0 Å². The second-order valence-electron chi connectivity index (χ2n) is 4.99. The zero-order valence-electron chi connectivity index (χ0n) is 10.3. The Labute approximate surface area is 98.7 Å². The molecule has 0 heterocycles. The predicted octanol–water partition coefficient (Wildman–Crippen LogP) is 2.29. The largest absolute Gasteiger partial charge is 0.315 e. The Bertz CT molecular complexity index is 304. The molecule has 1 aromatic carbocycles. The van der Waals surface area contributed by atoms with Gasteiger partial charge in [0.25, 0.3) is 0 Å². The zero-order valence-corrected chi connectivity index (χ0v) is 10.3. The van der Waals surface area contributed by atoms with E-state index in [1.165, 1.54) is 24.9 Å². The highest BCUT2D eigenvalue weighted by Gasteiger charge is 2.21. The Kier molecular flexibility index (Phi) is 3.97. The Morgan fingerprint density at radius 3 is 2.50 bits per heavy atom. The van der Waals surface area contributed by atoms with Gasteiger partial charge in [0.05, 0.1) is 0 Å². The molecule has 1 fully saturated rings. The van der Waals surface area contributed by atoms with Crippen molar-refractivity contribution in [2.75, 3.05) is 27.2 Å². The van der Waals surface area contributed by atoms with Gasteiger partial charge in [-0.3, -0.25) is 0 Å². The van der Waals surface area contributed by atoms with Crippen molar-refractivity contribution < 1.29 is 0 Å². The van der Waals surface area contributed by atoms with Crippen LogP contribution in [0.4, 0.5) is 0 Å². The van der Waals surface area contributed by atoms with Crippen molar-refractivity contribution in [3.8, 4) is 0 Å². The number of rotatable bonds is 6. The second-order valence-corrected chi connectivity index (χ2v) is 4.99. The van der Waals surface area contributed by atoms with E-state index in [1.807, 2.05) is 0 Å². The Morgan fingerprint density at radius 2 is 1.94 bits per heavy atom. The fourth-order valence-corrected chi connectivity index (χ4v) is 2.02. The summed E-state index contributed by atoms with van der Waals surface area (Å²) in [6.45, 7) is 2.24. The van der Waals surface area contributed by atoms with Crippen LogP contribution in [-0.4, -0.2) is 32.1 Å². The second kappa shape index (κ2) is 5.46. The van der Waals surface area contributed by atoms with Crippen LogP contribution in [0.5, 0.6) is 0 Å². The van der Waals surface area contributed by atoms with Gasteiger partial charge >= 0.3 is 0 Å². The lowest BCUT2D eigenvalue weighted by molar-refractivity contribution is 0.288. The Morgan fingerprint density at radius 1 is 1.25 bits per heavy atom. The van der Waals surface area contributed by atoms with Crippen LogP contribution in [0.3, 0.4) is 0 Å². The van der Waals surface area contributed by atoms with Crippen molar-refractivity contribution in [1.82, 2.24) is 10.2 Å². The molecule has 1 aliphatic carbocycles. The summed E-state index contributed by atoms with van der Waals surface area (Å²) < 4.78 is 0. The molecule has 0 aliphatic heterocycles. The molecular weight excluding hydrogens is 196 g/mol. The fraction of sp³-hybridized carbons (Fsp3) is 0.571. The van der Waals surface area contributed by atoms with E-state index in [2.05, 4.69) is 54.6 Å². The van der Waals surface area contributed by atoms with Gasteiger partial charge in [0, 0.05) is 12.6 Å². The summed E-state index contributed by atoms with van der Waals surface area (Å²) in [5.74, 6) is 0.957. The molecule has 2 rings (SSSR count). The van der Waals surface area contributed by atoms with Gasteiger partial charge in [-0.15, -0.1) is 0 Å². The van der Waals surface area contributed by atoms with Crippen molar-refractivity contribution in [3.63, 3.8) is 0 Å². The zero-order chi connectivity index (χ0) is 11.4. The number of likely N-dealkylation sites (N-methyl/N-ethyl adjacent to an activating group) is 1. The minimum Gasteiger partial charge on any atom is -0.315 e. The lowest BCUT2D eigenvalue weighted by atomic mass is 10.1. The van der Waals surface area contributed by atoms with Crippen LogP contribution in [0.2, 0.25) is 0 Å². The average Bonchev–Trinajstić information content (AvgIpc) is 3.09. The molecule has 0 bridgehead atoms. The van der Waals surface area contributed by atoms with E-state index < -0.39 is 0 Å². The van der Waals surface area contributed by atoms with Gasteiger partial charge in [-0.05, 0) is 45.0 Å². The van der Waals surface area contributed by atoms with Crippen LogP contribution in [0.25, 0.3) is 0 Å². The summed E-state index contributed by atoms with van der Waals surface area (Å²) in [5.41, 5.74) is 1.40. The highest BCUT2D eigenvalue weighted by molar-refractivity contribution is 5.19. The molecule has 1 aromatic rings. The molecule has 0 aromatic heterocycles. The third-order valence-electron chi connectivity index (χ3n) is 3.28. The predicted molar refractivity (Wildman–Crippen MR) is 68.5 cm³/mol. The van der Waals surface area contributed by atoms with E-state index in [0.29, 0.717) is 6.04 Å². The lowest BCUT2D eigenvalue weighted by Gasteiger charge is -2.25. The quantitative estimate of drug-likeness (QED) is 0.788. The van der Waals surface area contributed by atoms with Gasteiger partial charge in [-0.25, -0.2) is 0 Å². The van der Waals surface area contributed by atoms with Crippen molar-refractivity contribution in [1.29, 1.82) is 0 Å². The summed E-state index contributed by atoms with van der Waals surface area (Å²) >= 11 is 0. The van der Waals surface area contributed by atoms with Crippen molar-refractivity contribution in [2.45, 2.75) is 18.9 Å². The van der Waals surface area contributed by atoms with Crippen molar-refractivity contribution >= 4 is 0 Å². The van der Waals surface area contributed by atoms with Gasteiger partial charge in [-0.1, -0.05) is 30.3 Å². The molecule has 1 N–H and O–H groups in total. The SMILES string of the molecule is CN(C)C(CNCC1CC1)c1ccccc1. The summed E-state index contributed by atoms with van der Waals surface area (Å²) in [7, 11) is 4.30. The fourth-order valence-electron chi connectivity index (χ4n) is 2.02. The van der Waals surface area contributed by atoms with E-state index in [0.717, 1.165) is 12.5 Å². The first-order chi connectivity index (χ1) is 7.77. The van der Waals surface area contributed by atoms with Crippen LogP contribution < -0.4 is 5.32 Å². The summed E-state index contributed by atoms with van der Waals surface area (Å²) in [4.78, 5) is 2.29. The summed E-state index contributed by atoms with van der Waals surface area (Å²) in [5, 5.41) is 3.59. The molecule has 1 unspecified atom stereocenters. The Hall–Kier alpha value is -0.860. The van der Waals surface area contributed by atoms with Crippen LogP contribution in [-0.2, 0) is 0 Å². The normalized spacial score (nSPS) is 17.7. The molecule has 0 radical (unpaired) electrons. The first-order valence-electron chi connectivity index (χ1n) is 6.19. The lowest BCUT2D eigenvalue weighted by Crippen LogP contribution is -2.32. The van der Waals surface area contributed by atoms with E-state index >= 15 is 0 Å². The van der Waals surface area contributed by atoms with Crippen LogP contribution >= 0.6 is 0 Å². The number of nitrogens with zero attached hydrogens (tertiary/aromatic N) is 1. The van der Waals surface area contributed by atoms with Crippen LogP contribution in [0.15, 0.2) is 30.3 Å². The van der Waals surface area contributed by atoms with Gasteiger partial charge in [0.2, 0.25) is 0 Å². The number of nitrogens with one attached hydrogen (secondary N) is 1. The van der Waals surface area contributed by atoms with Crippen LogP contribution in [0, 0.1) is 5.92 Å². The van der Waals surface area contributed by atoms with Gasteiger partial charge in [0.1, 0.15) is 0 Å². The van der Waals surface area contributed by atoms with E-state index in [-0.39, 0.29) is 0 Å². The minimum atomic E-state index is 0.486. The van der Waals surface area contributed by atoms with Crippen molar-refractivity contribution in [2.24, 2.45) is 5.92 Å². The molecule has 16 heavy (non-hydrogen) atoms. The third-order valence-corrected chi connectivity index (χ3v) is 3.28. The summed E-state index contributed by atoms with van der Waals surface area (Å²) in [6.07, 6.45) is 2.84. The number of hydrogen-bond acceptors (Lipinski definition) is 2. The van der Waals surface area contributed by atoms with Gasteiger partial charge in [0.15, 0.2) is 0 Å². The monoisotopic (exact) mass is 218 g/mol. The molecular formula is C14H22N2. The summed E-state index contributed by atoms with van der Waals surface area (Å²) in [6, 6.07) is 11.2. The van der Waals surface area contributed by atoms with Crippen molar-refractivity contribution in [3.05, 3.63) is 35.9 Å². The maximum Gasteiger partial charge on any atom is 0.0466 e.